The zero-order chi connectivity index (χ0) is 23.6. The SMILES string of the molecule is CCCn1c(-c2ccc(NS(=O)(=O)c3cccc(OC)c3)nc2)nc2nc(C#N)[nH]c(=O)c21. The highest BCUT2D eigenvalue weighted by atomic mass is 32.2. The molecule has 0 aliphatic rings. The normalized spacial score (nSPS) is 11.3. The quantitative estimate of drug-likeness (QED) is 0.421. The highest BCUT2D eigenvalue weighted by Crippen LogP contribution is 2.24. The molecule has 2 N–H and O–H groups in total. The number of benzene rings is 1. The first-order chi connectivity index (χ1) is 15.9. The number of hydrogen-bond acceptors (Lipinski definition) is 8. The molecule has 0 spiro atoms. The van der Waals surface area contributed by atoms with Gasteiger partial charge in [0.1, 0.15) is 23.5 Å². The molecule has 0 unspecified atom stereocenters. The van der Waals surface area contributed by atoms with Gasteiger partial charge in [-0.15, -0.1) is 0 Å². The minimum absolute atomic E-state index is 0.0380. The molecule has 0 saturated heterocycles. The van der Waals surface area contributed by atoms with Crippen LogP contribution in [-0.4, -0.2) is 40.0 Å². The van der Waals surface area contributed by atoms with Gasteiger partial charge in [-0.25, -0.2) is 18.4 Å². The largest absolute Gasteiger partial charge is 0.497 e. The molecule has 3 heterocycles. The number of aryl methyl sites for hydroxylation is 1. The zero-order valence-corrected chi connectivity index (χ0v) is 18.5. The molecule has 1 aromatic carbocycles. The van der Waals surface area contributed by atoms with Crippen LogP contribution in [0, 0.1) is 11.3 Å². The summed E-state index contributed by atoms with van der Waals surface area (Å²) in [7, 11) is -2.42. The lowest BCUT2D eigenvalue weighted by atomic mass is 10.2. The number of nitrogens with one attached hydrogen (secondary N) is 2. The maximum atomic E-state index is 12.7. The summed E-state index contributed by atoms with van der Waals surface area (Å²) in [4.78, 5) is 27.7. The van der Waals surface area contributed by atoms with Gasteiger partial charge in [-0.1, -0.05) is 13.0 Å². The third-order valence-corrected chi connectivity index (χ3v) is 6.13. The molecule has 0 fully saturated rings. The standard InChI is InChI=1S/C21H19N7O4S/c1-3-9-28-18-19(24-17(11-22)25-21(18)29)26-20(28)13-7-8-16(23-12-13)27-33(30,31)15-6-4-5-14(10-15)32-2/h4-8,10,12H,3,9H2,1-2H3,(H,23,27)(H,24,25,29). The summed E-state index contributed by atoms with van der Waals surface area (Å²) in [6.45, 7) is 2.45. The van der Waals surface area contributed by atoms with Gasteiger partial charge in [-0.2, -0.15) is 10.2 Å². The third kappa shape index (κ3) is 4.26. The van der Waals surface area contributed by atoms with Crippen molar-refractivity contribution in [1.82, 2.24) is 24.5 Å². The van der Waals surface area contributed by atoms with E-state index >= 15 is 0 Å². The van der Waals surface area contributed by atoms with Crippen LogP contribution in [0.3, 0.4) is 0 Å². The van der Waals surface area contributed by atoms with Crippen molar-refractivity contribution in [3.8, 4) is 23.2 Å². The predicted octanol–water partition coefficient (Wildman–Crippen LogP) is 2.27. The summed E-state index contributed by atoms with van der Waals surface area (Å²) in [6.07, 6.45) is 2.18. The Labute approximate surface area is 188 Å². The van der Waals surface area contributed by atoms with Gasteiger partial charge in [0, 0.05) is 24.4 Å². The van der Waals surface area contributed by atoms with Gasteiger partial charge < -0.3 is 9.30 Å². The molecule has 0 saturated carbocycles. The maximum Gasteiger partial charge on any atom is 0.278 e. The molecule has 3 aromatic heterocycles. The Morgan fingerprint density at radius 1 is 1.24 bits per heavy atom. The summed E-state index contributed by atoms with van der Waals surface area (Å²) < 4.78 is 34.6. The Morgan fingerprint density at radius 2 is 2.06 bits per heavy atom. The number of aromatic nitrogens is 5. The van der Waals surface area contributed by atoms with Crippen molar-refractivity contribution < 1.29 is 13.2 Å². The summed E-state index contributed by atoms with van der Waals surface area (Å²) >= 11 is 0. The van der Waals surface area contributed by atoms with Crippen LogP contribution in [0.25, 0.3) is 22.6 Å². The monoisotopic (exact) mass is 465 g/mol. The Bertz CT molecular complexity index is 1530. The number of sulfonamides is 1. The molecule has 0 atom stereocenters. The van der Waals surface area contributed by atoms with E-state index in [0.29, 0.717) is 23.7 Å². The molecule has 0 aliphatic heterocycles. The van der Waals surface area contributed by atoms with Crippen molar-refractivity contribution in [2.75, 3.05) is 11.8 Å². The van der Waals surface area contributed by atoms with Gasteiger partial charge in [0.2, 0.25) is 5.82 Å². The molecule has 168 valence electrons. The molecule has 0 radical (unpaired) electrons. The molecule has 33 heavy (non-hydrogen) atoms. The first kappa shape index (κ1) is 22.0. The number of fused-ring (bicyclic) bond motifs is 1. The number of rotatable bonds is 7. The molecule has 0 amide bonds. The van der Waals surface area contributed by atoms with Crippen LogP contribution in [0.4, 0.5) is 5.82 Å². The van der Waals surface area contributed by atoms with Crippen molar-refractivity contribution in [2.24, 2.45) is 0 Å². The van der Waals surface area contributed by atoms with Crippen LogP contribution >= 0.6 is 0 Å². The number of imidazole rings is 1. The van der Waals surface area contributed by atoms with Crippen LogP contribution < -0.4 is 15.0 Å². The van der Waals surface area contributed by atoms with Gasteiger partial charge in [0.15, 0.2) is 11.2 Å². The van der Waals surface area contributed by atoms with Gasteiger partial charge >= 0.3 is 0 Å². The Balaban J connectivity index is 1.70. The van der Waals surface area contributed by atoms with E-state index in [-0.39, 0.29) is 27.7 Å². The minimum Gasteiger partial charge on any atom is -0.497 e. The molecule has 4 aromatic rings. The molecule has 0 bridgehead atoms. The Morgan fingerprint density at radius 3 is 2.73 bits per heavy atom. The van der Waals surface area contributed by atoms with Gasteiger partial charge in [0.05, 0.1) is 12.0 Å². The van der Waals surface area contributed by atoms with Crippen LogP contribution in [0.5, 0.6) is 5.75 Å². The van der Waals surface area contributed by atoms with Gasteiger partial charge in [-0.05, 0) is 30.7 Å². The zero-order valence-electron chi connectivity index (χ0n) is 17.7. The molecule has 4 rings (SSSR count). The number of aromatic amines is 1. The molecule has 0 aliphatic carbocycles. The number of pyridine rings is 1. The van der Waals surface area contributed by atoms with Crippen molar-refractivity contribution in [3.05, 3.63) is 58.8 Å². The fourth-order valence-corrected chi connectivity index (χ4v) is 4.35. The Kier molecular flexibility index (Phi) is 5.80. The first-order valence-electron chi connectivity index (χ1n) is 9.90. The molecular weight excluding hydrogens is 446 g/mol. The van der Waals surface area contributed by atoms with Crippen LogP contribution in [-0.2, 0) is 16.6 Å². The lowest BCUT2D eigenvalue weighted by molar-refractivity contribution is 0.413. The molecule has 11 nitrogen and oxygen atoms in total. The maximum absolute atomic E-state index is 12.7. The topological polar surface area (TPSA) is 156 Å². The number of anilines is 1. The van der Waals surface area contributed by atoms with E-state index in [1.807, 2.05) is 13.0 Å². The number of H-pyrrole nitrogens is 1. The molecular formula is C21H19N7O4S. The van der Waals surface area contributed by atoms with Crippen LogP contribution in [0.15, 0.2) is 52.3 Å². The average molecular weight is 465 g/mol. The average Bonchev–Trinajstić information content (AvgIpc) is 3.18. The van der Waals surface area contributed by atoms with Crippen LogP contribution in [0.1, 0.15) is 19.2 Å². The van der Waals surface area contributed by atoms with Crippen molar-refractivity contribution in [1.29, 1.82) is 5.26 Å². The van der Waals surface area contributed by atoms with E-state index in [9.17, 15) is 13.2 Å². The summed E-state index contributed by atoms with van der Waals surface area (Å²) in [5, 5.41) is 9.06. The Hall–Kier alpha value is -4.24. The second-order valence-electron chi connectivity index (χ2n) is 7.00. The number of methoxy groups -OCH3 is 1. The number of ether oxygens (including phenoxy) is 1. The summed E-state index contributed by atoms with van der Waals surface area (Å²) in [6, 6.07) is 11.0. The summed E-state index contributed by atoms with van der Waals surface area (Å²) in [5.41, 5.74) is 0.512. The first-order valence-corrected chi connectivity index (χ1v) is 11.4. The van der Waals surface area contributed by atoms with E-state index in [1.54, 1.807) is 22.8 Å². The van der Waals surface area contributed by atoms with Crippen LogP contribution in [0.2, 0.25) is 0 Å². The third-order valence-electron chi connectivity index (χ3n) is 4.78. The lowest BCUT2D eigenvalue weighted by Gasteiger charge is -2.10. The van der Waals surface area contributed by atoms with E-state index in [4.69, 9.17) is 10.00 Å². The highest BCUT2D eigenvalue weighted by Gasteiger charge is 2.19. The second-order valence-corrected chi connectivity index (χ2v) is 8.68. The fourth-order valence-electron chi connectivity index (χ4n) is 3.31. The number of nitriles is 1. The smallest absolute Gasteiger partial charge is 0.278 e. The minimum atomic E-state index is -3.87. The van der Waals surface area contributed by atoms with E-state index in [0.717, 1.165) is 6.42 Å². The van der Waals surface area contributed by atoms with Gasteiger partial charge in [-0.3, -0.25) is 14.5 Å². The molecule has 12 heteroatoms. The van der Waals surface area contributed by atoms with Crippen molar-refractivity contribution in [2.45, 2.75) is 24.8 Å². The van der Waals surface area contributed by atoms with Gasteiger partial charge in [0.25, 0.3) is 15.6 Å². The number of nitrogens with zero attached hydrogens (tertiary/aromatic N) is 5. The predicted molar refractivity (Wildman–Crippen MR) is 120 cm³/mol. The van der Waals surface area contributed by atoms with E-state index < -0.39 is 15.6 Å². The lowest BCUT2D eigenvalue weighted by Crippen LogP contribution is -2.14. The van der Waals surface area contributed by atoms with Crippen molar-refractivity contribution in [3.63, 3.8) is 0 Å². The second kappa shape index (κ2) is 8.71. The van der Waals surface area contributed by atoms with E-state index in [2.05, 4.69) is 24.7 Å². The van der Waals surface area contributed by atoms with E-state index in [1.165, 1.54) is 31.5 Å². The fraction of sp³-hybridized carbons (Fsp3) is 0.190. The highest BCUT2D eigenvalue weighted by molar-refractivity contribution is 7.92. The number of hydrogen-bond donors (Lipinski definition) is 2. The van der Waals surface area contributed by atoms with Crippen molar-refractivity contribution >= 4 is 27.0 Å². The summed E-state index contributed by atoms with van der Waals surface area (Å²) in [5.74, 6) is 0.844.